The highest BCUT2D eigenvalue weighted by Gasteiger charge is 2.34. The molecule has 24 heavy (non-hydrogen) atoms. The third kappa shape index (κ3) is 5.39. The molecule has 2 N–H and O–H groups in total. The van der Waals surface area contributed by atoms with Crippen LogP contribution in [0.5, 0.6) is 0 Å². The first-order valence-corrected chi connectivity index (χ1v) is 8.22. The number of likely N-dealkylation sites (tertiary alicyclic amines) is 1. The van der Waals surface area contributed by atoms with Gasteiger partial charge in [0, 0.05) is 24.5 Å². The molecule has 0 spiro atoms. The Hall–Kier alpha value is -1.79. The zero-order valence-electron chi connectivity index (χ0n) is 14.1. The number of benzene rings is 1. The van der Waals surface area contributed by atoms with Crippen LogP contribution in [0.2, 0.25) is 5.02 Å². The van der Waals surface area contributed by atoms with E-state index >= 15 is 0 Å². The molecule has 0 saturated carbocycles. The van der Waals surface area contributed by atoms with Gasteiger partial charge in [-0.3, -0.25) is 4.79 Å². The van der Waals surface area contributed by atoms with E-state index in [9.17, 15) is 14.7 Å². The highest BCUT2D eigenvalue weighted by molar-refractivity contribution is 6.30. The summed E-state index contributed by atoms with van der Waals surface area (Å²) in [6.45, 7) is 5.84. The standard InChI is InChI=1S/C17H23ClN2O4/c1-17(2,3)24-16(23)19-14(15(22)20-9-13(21)10-20)8-11-4-6-12(18)7-5-11/h4-7,13-14,21H,8-10H2,1-3H3,(H,19,23)/t14-/m1/s1. The van der Waals surface area contributed by atoms with Crippen LogP contribution in [-0.2, 0) is 16.0 Å². The predicted octanol–water partition coefficient (Wildman–Crippen LogP) is 1.98. The van der Waals surface area contributed by atoms with Gasteiger partial charge in [-0.05, 0) is 38.5 Å². The minimum Gasteiger partial charge on any atom is -0.444 e. The number of hydrogen-bond acceptors (Lipinski definition) is 4. The molecule has 1 aromatic carbocycles. The predicted molar refractivity (Wildman–Crippen MR) is 90.9 cm³/mol. The normalized spacial score (nSPS) is 16.3. The Bertz CT molecular complexity index is 592. The molecular formula is C17H23ClN2O4. The first-order valence-electron chi connectivity index (χ1n) is 7.85. The van der Waals surface area contributed by atoms with E-state index in [1.807, 2.05) is 12.1 Å². The molecule has 1 heterocycles. The van der Waals surface area contributed by atoms with Crippen molar-refractivity contribution in [3.63, 3.8) is 0 Å². The number of carbonyl (C=O) groups excluding carboxylic acids is 2. The zero-order valence-corrected chi connectivity index (χ0v) is 14.8. The van der Waals surface area contributed by atoms with Gasteiger partial charge in [0.05, 0.1) is 6.10 Å². The molecule has 2 rings (SSSR count). The molecule has 1 saturated heterocycles. The van der Waals surface area contributed by atoms with E-state index in [1.54, 1.807) is 32.9 Å². The van der Waals surface area contributed by atoms with E-state index in [1.165, 1.54) is 4.90 Å². The van der Waals surface area contributed by atoms with Crippen LogP contribution < -0.4 is 5.32 Å². The number of β-amino-alcohol motifs (C(OH)–C–C–N with tert-alkyl or cyclic N) is 1. The third-order valence-electron chi connectivity index (χ3n) is 3.52. The number of amides is 2. The van der Waals surface area contributed by atoms with Crippen molar-refractivity contribution in [3.8, 4) is 0 Å². The van der Waals surface area contributed by atoms with Crippen molar-refractivity contribution in [1.29, 1.82) is 0 Å². The molecule has 2 amide bonds. The van der Waals surface area contributed by atoms with Crippen LogP contribution in [-0.4, -0.2) is 52.8 Å². The number of aliphatic hydroxyl groups is 1. The van der Waals surface area contributed by atoms with Gasteiger partial charge in [-0.15, -0.1) is 0 Å². The van der Waals surface area contributed by atoms with Crippen molar-refractivity contribution in [1.82, 2.24) is 10.2 Å². The monoisotopic (exact) mass is 354 g/mol. The van der Waals surface area contributed by atoms with E-state index in [-0.39, 0.29) is 19.0 Å². The van der Waals surface area contributed by atoms with Gasteiger partial charge in [-0.25, -0.2) is 4.79 Å². The number of alkyl carbamates (subject to hydrolysis) is 1. The lowest BCUT2D eigenvalue weighted by atomic mass is 10.0. The van der Waals surface area contributed by atoms with E-state index in [0.717, 1.165) is 5.56 Å². The largest absolute Gasteiger partial charge is 0.444 e. The molecule has 1 aliphatic heterocycles. The number of ether oxygens (including phenoxy) is 1. The SMILES string of the molecule is CC(C)(C)OC(=O)N[C@H](Cc1ccc(Cl)cc1)C(=O)N1CC(O)C1. The molecule has 0 radical (unpaired) electrons. The first-order chi connectivity index (χ1) is 11.1. The van der Waals surface area contributed by atoms with E-state index in [2.05, 4.69) is 5.32 Å². The number of halogens is 1. The summed E-state index contributed by atoms with van der Waals surface area (Å²) in [7, 11) is 0. The second kappa shape index (κ2) is 7.40. The summed E-state index contributed by atoms with van der Waals surface area (Å²) in [4.78, 5) is 26.1. The second-order valence-electron chi connectivity index (χ2n) is 6.93. The van der Waals surface area contributed by atoms with Gasteiger partial charge in [0.1, 0.15) is 11.6 Å². The van der Waals surface area contributed by atoms with Gasteiger partial charge in [-0.2, -0.15) is 0 Å². The van der Waals surface area contributed by atoms with Crippen LogP contribution in [0, 0.1) is 0 Å². The summed E-state index contributed by atoms with van der Waals surface area (Å²) in [6.07, 6.45) is -0.815. The molecule has 1 aromatic rings. The average Bonchev–Trinajstić information content (AvgIpc) is 2.43. The van der Waals surface area contributed by atoms with Crippen LogP contribution in [0.3, 0.4) is 0 Å². The summed E-state index contributed by atoms with van der Waals surface area (Å²) in [5.74, 6) is -0.235. The van der Waals surface area contributed by atoms with Crippen molar-refractivity contribution in [3.05, 3.63) is 34.9 Å². The van der Waals surface area contributed by atoms with Crippen molar-refractivity contribution in [2.75, 3.05) is 13.1 Å². The van der Waals surface area contributed by atoms with Crippen LogP contribution in [0.15, 0.2) is 24.3 Å². The fourth-order valence-corrected chi connectivity index (χ4v) is 2.49. The van der Waals surface area contributed by atoms with Crippen molar-refractivity contribution >= 4 is 23.6 Å². The van der Waals surface area contributed by atoms with Crippen LogP contribution in [0.1, 0.15) is 26.3 Å². The first kappa shape index (κ1) is 18.5. The van der Waals surface area contributed by atoms with Gasteiger partial charge in [0.25, 0.3) is 0 Å². The van der Waals surface area contributed by atoms with Crippen molar-refractivity contribution in [2.24, 2.45) is 0 Å². The van der Waals surface area contributed by atoms with Gasteiger partial charge >= 0.3 is 6.09 Å². The summed E-state index contributed by atoms with van der Waals surface area (Å²) >= 11 is 5.87. The topological polar surface area (TPSA) is 78.9 Å². The maximum Gasteiger partial charge on any atom is 0.408 e. The number of rotatable bonds is 4. The summed E-state index contributed by atoms with van der Waals surface area (Å²) in [6, 6.07) is 6.33. The average molecular weight is 355 g/mol. The Morgan fingerprint density at radius 2 is 1.92 bits per heavy atom. The van der Waals surface area contributed by atoms with Crippen LogP contribution >= 0.6 is 11.6 Å². The highest BCUT2D eigenvalue weighted by Crippen LogP contribution is 2.15. The van der Waals surface area contributed by atoms with Gasteiger partial charge in [-0.1, -0.05) is 23.7 Å². The second-order valence-corrected chi connectivity index (χ2v) is 7.36. The summed E-state index contributed by atoms with van der Waals surface area (Å²) in [5, 5.41) is 12.6. The molecule has 6 nitrogen and oxygen atoms in total. The number of carbonyl (C=O) groups is 2. The Morgan fingerprint density at radius 1 is 1.33 bits per heavy atom. The molecule has 7 heteroatoms. The third-order valence-corrected chi connectivity index (χ3v) is 3.77. The Kier molecular flexibility index (Phi) is 5.72. The fraction of sp³-hybridized carbons (Fsp3) is 0.529. The van der Waals surface area contributed by atoms with Crippen molar-refractivity contribution in [2.45, 2.75) is 44.9 Å². The smallest absolute Gasteiger partial charge is 0.408 e. The van der Waals surface area contributed by atoms with Crippen LogP contribution in [0.25, 0.3) is 0 Å². The minimum absolute atomic E-state index is 0.235. The van der Waals surface area contributed by atoms with Crippen molar-refractivity contribution < 1.29 is 19.4 Å². The molecule has 132 valence electrons. The lowest BCUT2D eigenvalue weighted by molar-refractivity contribution is -0.143. The van der Waals surface area contributed by atoms with E-state index in [4.69, 9.17) is 16.3 Å². The maximum atomic E-state index is 12.6. The summed E-state index contributed by atoms with van der Waals surface area (Å²) < 4.78 is 5.24. The molecular weight excluding hydrogens is 332 g/mol. The van der Waals surface area contributed by atoms with E-state index < -0.39 is 23.8 Å². The van der Waals surface area contributed by atoms with Crippen LogP contribution in [0.4, 0.5) is 4.79 Å². The minimum atomic E-state index is -0.756. The molecule has 0 bridgehead atoms. The lowest BCUT2D eigenvalue weighted by Crippen LogP contribution is -2.60. The maximum absolute atomic E-state index is 12.6. The molecule has 0 unspecified atom stereocenters. The van der Waals surface area contributed by atoms with Gasteiger partial charge in [0.2, 0.25) is 5.91 Å². The summed E-state index contributed by atoms with van der Waals surface area (Å²) in [5.41, 5.74) is 0.222. The van der Waals surface area contributed by atoms with Gasteiger partial charge < -0.3 is 20.1 Å². The molecule has 1 fully saturated rings. The quantitative estimate of drug-likeness (QED) is 0.866. The highest BCUT2D eigenvalue weighted by atomic mass is 35.5. The molecule has 0 aromatic heterocycles. The molecule has 0 aliphatic carbocycles. The Balaban J connectivity index is 2.07. The molecule has 1 aliphatic rings. The van der Waals surface area contributed by atoms with E-state index in [0.29, 0.717) is 11.4 Å². The fourth-order valence-electron chi connectivity index (χ4n) is 2.36. The van der Waals surface area contributed by atoms with Gasteiger partial charge in [0.15, 0.2) is 0 Å². The number of hydrogen-bond donors (Lipinski definition) is 2. The zero-order chi connectivity index (χ0) is 17.9. The number of nitrogens with one attached hydrogen (secondary N) is 1. The Morgan fingerprint density at radius 3 is 2.42 bits per heavy atom. The molecule has 1 atom stereocenters. The number of nitrogens with zero attached hydrogens (tertiary/aromatic N) is 1. The Labute approximate surface area is 146 Å². The number of aliphatic hydroxyl groups excluding tert-OH is 1. The lowest BCUT2D eigenvalue weighted by Gasteiger charge is -2.38.